The molecule has 17 heavy (non-hydrogen) atoms. The Morgan fingerprint density at radius 3 is 2.71 bits per heavy atom. The molecule has 0 radical (unpaired) electrons. The first-order valence-electron chi connectivity index (χ1n) is 6.09. The predicted octanol–water partition coefficient (Wildman–Crippen LogP) is 1.92. The van der Waals surface area contributed by atoms with E-state index >= 15 is 0 Å². The van der Waals surface area contributed by atoms with Crippen molar-refractivity contribution in [2.24, 2.45) is 17.1 Å². The maximum absolute atomic E-state index is 11.2. The molecule has 1 aromatic carbocycles. The lowest BCUT2D eigenvalue weighted by Crippen LogP contribution is -2.21. The average molecular weight is 232 g/mol. The van der Waals surface area contributed by atoms with Crippen LogP contribution in [0.25, 0.3) is 0 Å². The maximum atomic E-state index is 11.2. The molecule has 0 aliphatic heterocycles. The molecule has 1 atom stereocenters. The van der Waals surface area contributed by atoms with E-state index in [0.717, 1.165) is 18.0 Å². The van der Waals surface area contributed by atoms with Gasteiger partial charge in [0.2, 0.25) is 5.91 Å². The van der Waals surface area contributed by atoms with Gasteiger partial charge >= 0.3 is 0 Å². The second-order valence-electron chi connectivity index (χ2n) is 5.54. The molecular formula is C14H20N2O. The summed E-state index contributed by atoms with van der Waals surface area (Å²) >= 11 is 0. The van der Waals surface area contributed by atoms with Gasteiger partial charge in [0.25, 0.3) is 0 Å². The molecule has 3 nitrogen and oxygen atoms in total. The predicted molar refractivity (Wildman–Crippen MR) is 68.6 cm³/mol. The lowest BCUT2D eigenvalue weighted by molar-refractivity contribution is 0.0999. The molecule has 1 aromatic rings. The number of hydrogen-bond donors (Lipinski definition) is 2. The quantitative estimate of drug-likeness (QED) is 0.815. The van der Waals surface area contributed by atoms with Crippen LogP contribution >= 0.6 is 0 Å². The van der Waals surface area contributed by atoms with Crippen LogP contribution < -0.4 is 11.1 Å². The molecule has 1 aliphatic rings. The largest absolute Gasteiger partial charge is 0.366 e. The van der Waals surface area contributed by atoms with Gasteiger partial charge in [0, 0.05) is 12.1 Å². The minimum Gasteiger partial charge on any atom is -0.366 e. The Bertz CT molecular complexity index is 426. The highest BCUT2D eigenvalue weighted by Crippen LogP contribution is 2.50. The third-order valence-electron chi connectivity index (χ3n) is 3.71. The van der Waals surface area contributed by atoms with Gasteiger partial charge in [-0.25, -0.2) is 0 Å². The van der Waals surface area contributed by atoms with Crippen molar-refractivity contribution in [1.82, 2.24) is 5.32 Å². The number of primary amides is 1. The van der Waals surface area contributed by atoms with Gasteiger partial charge in [-0.1, -0.05) is 32.0 Å². The van der Waals surface area contributed by atoms with E-state index in [1.807, 2.05) is 18.2 Å². The first kappa shape index (κ1) is 12.1. The first-order chi connectivity index (χ1) is 8.00. The number of rotatable bonds is 5. The van der Waals surface area contributed by atoms with Gasteiger partial charge in [0.1, 0.15) is 0 Å². The lowest BCUT2D eigenvalue weighted by atomic mass is 10.1. The molecule has 0 heterocycles. The number of carbonyl (C=O) groups excluding carboxylic acids is 1. The number of carbonyl (C=O) groups is 1. The molecule has 1 amide bonds. The highest BCUT2D eigenvalue weighted by atomic mass is 16.1. The molecule has 1 saturated carbocycles. The molecule has 0 bridgehead atoms. The second kappa shape index (κ2) is 4.49. The topological polar surface area (TPSA) is 55.1 Å². The van der Waals surface area contributed by atoms with Gasteiger partial charge in [0.05, 0.1) is 0 Å². The van der Waals surface area contributed by atoms with Crippen molar-refractivity contribution in [3.63, 3.8) is 0 Å². The highest BCUT2D eigenvalue weighted by molar-refractivity contribution is 5.94. The van der Waals surface area contributed by atoms with Crippen molar-refractivity contribution in [2.75, 3.05) is 6.54 Å². The third kappa shape index (κ3) is 2.86. The minimum atomic E-state index is -0.353. The summed E-state index contributed by atoms with van der Waals surface area (Å²) in [5.41, 5.74) is 7.44. The molecule has 1 aliphatic carbocycles. The number of amides is 1. The van der Waals surface area contributed by atoms with Crippen LogP contribution in [0.5, 0.6) is 0 Å². The van der Waals surface area contributed by atoms with Crippen LogP contribution in [0.15, 0.2) is 24.3 Å². The van der Waals surface area contributed by atoms with Crippen LogP contribution in [0, 0.1) is 11.3 Å². The van der Waals surface area contributed by atoms with E-state index in [2.05, 4.69) is 19.2 Å². The molecule has 1 fully saturated rings. The molecule has 2 rings (SSSR count). The van der Waals surface area contributed by atoms with Gasteiger partial charge in [-0.05, 0) is 35.9 Å². The first-order valence-corrected chi connectivity index (χ1v) is 6.09. The summed E-state index contributed by atoms with van der Waals surface area (Å²) < 4.78 is 0. The van der Waals surface area contributed by atoms with Gasteiger partial charge in [-0.3, -0.25) is 4.79 Å². The Kier molecular flexibility index (Phi) is 3.20. The van der Waals surface area contributed by atoms with Gasteiger partial charge in [0.15, 0.2) is 0 Å². The highest BCUT2D eigenvalue weighted by Gasteiger charge is 2.44. The van der Waals surface area contributed by atoms with Crippen LogP contribution in [0.3, 0.4) is 0 Å². The fourth-order valence-electron chi connectivity index (χ4n) is 2.22. The Morgan fingerprint density at radius 2 is 2.12 bits per heavy atom. The molecule has 3 heteroatoms. The van der Waals surface area contributed by atoms with Crippen LogP contribution in [0.4, 0.5) is 0 Å². The number of hydrogen-bond acceptors (Lipinski definition) is 2. The number of nitrogens with one attached hydrogen (secondary N) is 1. The molecule has 0 aromatic heterocycles. The number of benzene rings is 1. The molecule has 0 spiro atoms. The molecular weight excluding hydrogens is 212 g/mol. The van der Waals surface area contributed by atoms with Crippen LogP contribution in [-0.2, 0) is 6.54 Å². The van der Waals surface area contributed by atoms with Crippen molar-refractivity contribution >= 4 is 5.91 Å². The Morgan fingerprint density at radius 1 is 1.47 bits per heavy atom. The SMILES string of the molecule is CC1(C)CC1CNCc1ccccc1C(N)=O. The molecule has 92 valence electrons. The lowest BCUT2D eigenvalue weighted by Gasteiger charge is -2.09. The van der Waals surface area contributed by atoms with Crippen LogP contribution in [0.1, 0.15) is 36.2 Å². The Balaban J connectivity index is 1.89. The summed E-state index contributed by atoms with van der Waals surface area (Å²) in [5, 5.41) is 3.41. The van der Waals surface area contributed by atoms with Crippen molar-refractivity contribution in [3.8, 4) is 0 Å². The summed E-state index contributed by atoms with van der Waals surface area (Å²) in [7, 11) is 0. The number of nitrogens with two attached hydrogens (primary N) is 1. The summed E-state index contributed by atoms with van der Waals surface area (Å²) in [4.78, 5) is 11.2. The van der Waals surface area contributed by atoms with Crippen molar-refractivity contribution in [3.05, 3.63) is 35.4 Å². The minimum absolute atomic E-state index is 0.353. The summed E-state index contributed by atoms with van der Waals surface area (Å²) in [6.07, 6.45) is 1.29. The molecule has 0 saturated heterocycles. The van der Waals surface area contributed by atoms with E-state index in [9.17, 15) is 4.79 Å². The summed E-state index contributed by atoms with van der Waals surface area (Å²) in [5.74, 6) is 0.414. The normalized spacial score (nSPS) is 21.2. The zero-order chi connectivity index (χ0) is 12.5. The van der Waals surface area contributed by atoms with Crippen molar-refractivity contribution < 1.29 is 4.79 Å². The fraction of sp³-hybridized carbons (Fsp3) is 0.500. The zero-order valence-corrected chi connectivity index (χ0v) is 10.5. The van der Waals surface area contributed by atoms with E-state index in [0.29, 0.717) is 17.5 Å². The van der Waals surface area contributed by atoms with Gasteiger partial charge in [-0.15, -0.1) is 0 Å². The van der Waals surface area contributed by atoms with Crippen LogP contribution in [0.2, 0.25) is 0 Å². The van der Waals surface area contributed by atoms with Crippen molar-refractivity contribution in [2.45, 2.75) is 26.8 Å². The van der Waals surface area contributed by atoms with Gasteiger partial charge in [-0.2, -0.15) is 0 Å². The van der Waals surface area contributed by atoms with E-state index < -0.39 is 0 Å². The zero-order valence-electron chi connectivity index (χ0n) is 10.5. The van der Waals surface area contributed by atoms with Crippen molar-refractivity contribution in [1.29, 1.82) is 0 Å². The molecule has 1 unspecified atom stereocenters. The summed E-state index contributed by atoms with van der Waals surface area (Å²) in [6.45, 7) is 6.30. The third-order valence-corrected chi connectivity index (χ3v) is 3.71. The Labute approximate surface area is 102 Å². The molecule has 3 N–H and O–H groups in total. The van der Waals surface area contributed by atoms with E-state index in [1.54, 1.807) is 6.07 Å². The second-order valence-corrected chi connectivity index (χ2v) is 5.54. The standard InChI is InChI=1S/C14H20N2O/c1-14(2)7-11(14)9-16-8-10-5-3-4-6-12(10)13(15)17/h3-6,11,16H,7-9H2,1-2H3,(H2,15,17). The fourth-order valence-corrected chi connectivity index (χ4v) is 2.22. The van der Waals surface area contributed by atoms with Crippen LogP contribution in [-0.4, -0.2) is 12.5 Å². The van der Waals surface area contributed by atoms with E-state index in [-0.39, 0.29) is 5.91 Å². The maximum Gasteiger partial charge on any atom is 0.249 e. The monoisotopic (exact) mass is 232 g/mol. The summed E-state index contributed by atoms with van der Waals surface area (Å²) in [6, 6.07) is 7.50. The van der Waals surface area contributed by atoms with Gasteiger partial charge < -0.3 is 11.1 Å². The van der Waals surface area contributed by atoms with E-state index in [4.69, 9.17) is 5.73 Å². The average Bonchev–Trinajstić information content (AvgIpc) is 2.87. The smallest absolute Gasteiger partial charge is 0.249 e. The Hall–Kier alpha value is -1.35. The van der Waals surface area contributed by atoms with E-state index in [1.165, 1.54) is 6.42 Å².